The van der Waals surface area contributed by atoms with Crippen LogP contribution in [0.5, 0.6) is 11.5 Å². The van der Waals surface area contributed by atoms with Gasteiger partial charge in [0.15, 0.2) is 0 Å². The lowest BCUT2D eigenvalue weighted by Crippen LogP contribution is -2.22. The van der Waals surface area contributed by atoms with E-state index in [0.717, 1.165) is 43.1 Å². The maximum Gasteiger partial charge on any atom is 0.124 e. The Bertz CT molecular complexity index is 394. The second kappa shape index (κ2) is 10.5. The molecule has 0 spiro atoms. The molecule has 0 aliphatic carbocycles. The minimum atomic E-state index is 0.432. The third-order valence-electron chi connectivity index (χ3n) is 3.10. The summed E-state index contributed by atoms with van der Waals surface area (Å²) in [6, 6.07) is 6.33. The van der Waals surface area contributed by atoms with Crippen molar-refractivity contribution in [2.45, 2.75) is 46.2 Å². The van der Waals surface area contributed by atoms with Gasteiger partial charge in [0, 0.05) is 24.8 Å². The molecule has 4 nitrogen and oxygen atoms in total. The molecular weight excluding hydrogens is 266 g/mol. The van der Waals surface area contributed by atoms with Gasteiger partial charge in [-0.15, -0.1) is 0 Å². The third-order valence-corrected chi connectivity index (χ3v) is 3.10. The van der Waals surface area contributed by atoms with Gasteiger partial charge in [0.2, 0.25) is 0 Å². The minimum Gasteiger partial charge on any atom is -0.497 e. The molecule has 120 valence electrons. The minimum absolute atomic E-state index is 0.432. The van der Waals surface area contributed by atoms with Gasteiger partial charge in [0.1, 0.15) is 18.1 Å². The lowest BCUT2D eigenvalue weighted by Gasteiger charge is -2.15. The topological polar surface area (TPSA) is 39.7 Å². The molecule has 0 heterocycles. The Kier molecular flexibility index (Phi) is 8.87. The molecule has 0 aromatic heterocycles. The molecule has 1 aromatic carbocycles. The molecule has 0 atom stereocenters. The number of hydrogen-bond donors (Lipinski definition) is 1. The van der Waals surface area contributed by atoms with Crippen LogP contribution in [0.15, 0.2) is 18.2 Å². The van der Waals surface area contributed by atoms with Crippen molar-refractivity contribution in [1.29, 1.82) is 0 Å². The van der Waals surface area contributed by atoms with E-state index in [1.807, 2.05) is 18.2 Å². The summed E-state index contributed by atoms with van der Waals surface area (Å²) in [5.41, 5.74) is 1.11. The van der Waals surface area contributed by atoms with Crippen molar-refractivity contribution < 1.29 is 14.2 Å². The molecule has 1 aromatic rings. The molecule has 1 rings (SSSR count). The van der Waals surface area contributed by atoms with Crippen LogP contribution in [0.3, 0.4) is 0 Å². The van der Waals surface area contributed by atoms with Gasteiger partial charge in [-0.25, -0.2) is 0 Å². The number of hydrogen-bond acceptors (Lipinski definition) is 4. The van der Waals surface area contributed by atoms with Crippen molar-refractivity contribution in [2.75, 3.05) is 26.9 Å². The summed E-state index contributed by atoms with van der Waals surface area (Å²) in [6.07, 6.45) is 2.26. The lowest BCUT2D eigenvalue weighted by atomic mass is 10.1. The van der Waals surface area contributed by atoms with Gasteiger partial charge in [0.25, 0.3) is 0 Å². The predicted octanol–water partition coefficient (Wildman–Crippen LogP) is 3.39. The standard InChI is InChI=1S/C17H29NO3/c1-5-6-9-20-10-11-21-17-8-7-16(19-4)12-15(17)13-18-14(2)3/h7-8,12,14,18H,5-6,9-11,13H2,1-4H3. The summed E-state index contributed by atoms with van der Waals surface area (Å²) in [5, 5.41) is 3.40. The zero-order valence-corrected chi connectivity index (χ0v) is 13.8. The molecule has 0 saturated carbocycles. The van der Waals surface area contributed by atoms with Gasteiger partial charge in [-0.1, -0.05) is 27.2 Å². The molecule has 1 N–H and O–H groups in total. The van der Waals surface area contributed by atoms with Crippen molar-refractivity contribution >= 4 is 0 Å². The third kappa shape index (κ3) is 7.34. The molecule has 0 fully saturated rings. The number of benzene rings is 1. The van der Waals surface area contributed by atoms with Crippen LogP contribution in [0.2, 0.25) is 0 Å². The van der Waals surface area contributed by atoms with Crippen LogP contribution in [0.4, 0.5) is 0 Å². The molecule has 0 aliphatic heterocycles. The SMILES string of the molecule is CCCCOCCOc1ccc(OC)cc1CNC(C)C. The van der Waals surface area contributed by atoms with E-state index in [9.17, 15) is 0 Å². The van der Waals surface area contributed by atoms with Crippen molar-refractivity contribution in [3.8, 4) is 11.5 Å². The van der Waals surface area contributed by atoms with E-state index in [0.29, 0.717) is 19.3 Å². The van der Waals surface area contributed by atoms with E-state index in [2.05, 4.69) is 26.1 Å². The highest BCUT2D eigenvalue weighted by Gasteiger charge is 2.06. The normalized spacial score (nSPS) is 10.9. The second-order valence-corrected chi connectivity index (χ2v) is 5.32. The molecule has 0 saturated heterocycles. The Morgan fingerprint density at radius 3 is 2.62 bits per heavy atom. The van der Waals surface area contributed by atoms with Crippen LogP contribution in [0, 0.1) is 0 Å². The van der Waals surface area contributed by atoms with Crippen LogP contribution in [-0.4, -0.2) is 33.0 Å². The summed E-state index contributed by atoms with van der Waals surface area (Å²) in [6.45, 7) is 9.19. The quantitative estimate of drug-likeness (QED) is 0.635. The molecule has 21 heavy (non-hydrogen) atoms. The summed E-state index contributed by atoms with van der Waals surface area (Å²) >= 11 is 0. The summed E-state index contributed by atoms with van der Waals surface area (Å²) in [5.74, 6) is 1.74. The fourth-order valence-electron chi connectivity index (χ4n) is 1.83. The van der Waals surface area contributed by atoms with Gasteiger partial charge in [0.05, 0.1) is 13.7 Å². The van der Waals surface area contributed by atoms with E-state index >= 15 is 0 Å². The smallest absolute Gasteiger partial charge is 0.124 e. The first-order chi connectivity index (χ1) is 10.2. The highest BCUT2D eigenvalue weighted by molar-refractivity contribution is 5.40. The highest BCUT2D eigenvalue weighted by atomic mass is 16.5. The van der Waals surface area contributed by atoms with Crippen LogP contribution >= 0.6 is 0 Å². The molecule has 0 bridgehead atoms. The number of nitrogens with one attached hydrogen (secondary N) is 1. The van der Waals surface area contributed by atoms with Crippen molar-refractivity contribution in [2.24, 2.45) is 0 Å². The van der Waals surface area contributed by atoms with Crippen molar-refractivity contribution in [1.82, 2.24) is 5.32 Å². The Morgan fingerprint density at radius 2 is 1.95 bits per heavy atom. The van der Waals surface area contributed by atoms with Gasteiger partial charge in [-0.05, 0) is 24.6 Å². The van der Waals surface area contributed by atoms with Crippen LogP contribution < -0.4 is 14.8 Å². The van der Waals surface area contributed by atoms with E-state index in [1.54, 1.807) is 7.11 Å². The van der Waals surface area contributed by atoms with E-state index in [-0.39, 0.29) is 0 Å². The second-order valence-electron chi connectivity index (χ2n) is 5.32. The van der Waals surface area contributed by atoms with E-state index in [4.69, 9.17) is 14.2 Å². The van der Waals surface area contributed by atoms with Gasteiger partial charge < -0.3 is 19.5 Å². The number of methoxy groups -OCH3 is 1. The highest BCUT2D eigenvalue weighted by Crippen LogP contribution is 2.24. The molecule has 0 radical (unpaired) electrons. The first-order valence-corrected chi connectivity index (χ1v) is 7.78. The average molecular weight is 295 g/mol. The number of unbranched alkanes of at least 4 members (excludes halogenated alkanes) is 1. The maximum atomic E-state index is 5.83. The van der Waals surface area contributed by atoms with Crippen LogP contribution in [0.1, 0.15) is 39.2 Å². The fourth-order valence-corrected chi connectivity index (χ4v) is 1.83. The summed E-state index contributed by atoms with van der Waals surface area (Å²) < 4.78 is 16.6. The average Bonchev–Trinajstić information content (AvgIpc) is 2.49. The van der Waals surface area contributed by atoms with Crippen LogP contribution in [-0.2, 0) is 11.3 Å². The zero-order chi connectivity index (χ0) is 15.5. The largest absolute Gasteiger partial charge is 0.497 e. The first kappa shape index (κ1) is 17.8. The Hall–Kier alpha value is -1.26. The van der Waals surface area contributed by atoms with Gasteiger partial charge in [-0.2, -0.15) is 0 Å². The lowest BCUT2D eigenvalue weighted by molar-refractivity contribution is 0.0976. The Labute approximate surface area is 128 Å². The summed E-state index contributed by atoms with van der Waals surface area (Å²) in [7, 11) is 1.68. The molecule has 0 unspecified atom stereocenters. The van der Waals surface area contributed by atoms with Crippen molar-refractivity contribution in [3.05, 3.63) is 23.8 Å². The van der Waals surface area contributed by atoms with E-state index in [1.165, 1.54) is 0 Å². The molecule has 0 amide bonds. The Balaban J connectivity index is 2.50. The number of rotatable bonds is 11. The number of ether oxygens (including phenoxy) is 3. The maximum absolute atomic E-state index is 5.83. The predicted molar refractivity (Wildman–Crippen MR) is 86.2 cm³/mol. The molecular formula is C17H29NO3. The first-order valence-electron chi connectivity index (χ1n) is 7.78. The van der Waals surface area contributed by atoms with Gasteiger partial charge in [-0.3, -0.25) is 0 Å². The van der Waals surface area contributed by atoms with Crippen molar-refractivity contribution in [3.63, 3.8) is 0 Å². The summed E-state index contributed by atoms with van der Waals surface area (Å²) in [4.78, 5) is 0. The van der Waals surface area contributed by atoms with Crippen LogP contribution in [0.25, 0.3) is 0 Å². The molecule has 4 heteroatoms. The fraction of sp³-hybridized carbons (Fsp3) is 0.647. The van der Waals surface area contributed by atoms with Gasteiger partial charge >= 0.3 is 0 Å². The van der Waals surface area contributed by atoms with E-state index < -0.39 is 0 Å². The Morgan fingerprint density at radius 1 is 1.14 bits per heavy atom. The monoisotopic (exact) mass is 295 g/mol. The molecule has 0 aliphatic rings. The zero-order valence-electron chi connectivity index (χ0n) is 13.8.